The standard InChI is InChI=1S/C22H21ClN4O4S.C10H22O.C2H6.CH4O.Y/c1-22(2,17-8-15(10-24)20(28)19(23)9-17)16-4-6-18(7-5-16)31-13-14-11-25-21(26-12-14)27-32(3,29)30;1-4-11-9-7-5-6-8-10(2)3;2*1-2;/h4-9,11-12,28H,13H2,1-3H3,(H,25,26,27);10H,4-9H2,1-3H3;1-2H3;2H,1H3;. The molecule has 1 aromatic heterocycles. The Morgan fingerprint density at radius 1 is 1.02 bits per heavy atom. The van der Waals surface area contributed by atoms with Crippen LogP contribution < -0.4 is 9.46 Å². The van der Waals surface area contributed by atoms with E-state index in [1.807, 2.05) is 65.0 Å². The van der Waals surface area contributed by atoms with Gasteiger partial charge in [-0.05, 0) is 54.7 Å². The molecule has 0 aliphatic carbocycles. The van der Waals surface area contributed by atoms with Gasteiger partial charge < -0.3 is 19.7 Å². The van der Waals surface area contributed by atoms with Crippen LogP contribution in [-0.2, 0) is 59.5 Å². The Bertz CT molecular complexity index is 1450. The number of sulfonamides is 1. The van der Waals surface area contributed by atoms with E-state index in [1.165, 1.54) is 38.1 Å². The molecular formula is C35H53ClN4O6SY. The van der Waals surface area contributed by atoms with E-state index < -0.39 is 15.4 Å². The van der Waals surface area contributed by atoms with Gasteiger partial charge in [0.05, 0.1) is 16.8 Å². The minimum Gasteiger partial charge on any atom is -0.505 e. The first kappa shape index (κ1) is 47.8. The van der Waals surface area contributed by atoms with Gasteiger partial charge in [-0.3, -0.25) is 4.72 Å². The van der Waals surface area contributed by atoms with Crippen molar-refractivity contribution in [2.24, 2.45) is 5.92 Å². The van der Waals surface area contributed by atoms with E-state index in [9.17, 15) is 18.8 Å². The number of phenols is 1. The second-order valence-corrected chi connectivity index (χ2v) is 13.3. The summed E-state index contributed by atoms with van der Waals surface area (Å²) in [5, 5.41) is 26.3. The number of aliphatic hydroxyl groups is 1. The van der Waals surface area contributed by atoms with Gasteiger partial charge in [-0.1, -0.05) is 84.5 Å². The van der Waals surface area contributed by atoms with Crippen molar-refractivity contribution in [3.8, 4) is 17.6 Å². The van der Waals surface area contributed by atoms with Crippen LogP contribution in [0.1, 0.15) is 96.4 Å². The SMILES string of the molecule is CC.CC(C)(c1ccc(OCc2cnc(NS(C)(=O)=O)nc2)cc1)c1cc(Cl)c(O)c(C#N)c1.CCOCCCCCC(C)C.CO.[Y]. The molecule has 1 radical (unpaired) electrons. The summed E-state index contributed by atoms with van der Waals surface area (Å²) in [7, 11) is -2.43. The summed E-state index contributed by atoms with van der Waals surface area (Å²) >= 11 is 6.09. The molecule has 3 aromatic rings. The molecule has 3 rings (SSSR count). The molecule has 0 atom stereocenters. The molecule has 0 bridgehead atoms. The maximum absolute atomic E-state index is 11.2. The number of ether oxygens (including phenoxy) is 2. The van der Waals surface area contributed by atoms with Crippen molar-refractivity contribution in [2.75, 3.05) is 31.3 Å². The van der Waals surface area contributed by atoms with Crippen molar-refractivity contribution in [1.29, 1.82) is 5.26 Å². The van der Waals surface area contributed by atoms with Crippen LogP contribution in [0.5, 0.6) is 11.5 Å². The van der Waals surface area contributed by atoms with Crippen LogP contribution in [0.4, 0.5) is 5.95 Å². The summed E-state index contributed by atoms with van der Waals surface area (Å²) in [6, 6.07) is 12.7. The Labute approximate surface area is 318 Å². The minimum atomic E-state index is -3.43. The molecule has 0 amide bonds. The zero-order valence-corrected chi connectivity index (χ0v) is 34.3. The van der Waals surface area contributed by atoms with Gasteiger partial charge in [0.15, 0.2) is 5.75 Å². The van der Waals surface area contributed by atoms with E-state index in [4.69, 9.17) is 26.2 Å². The molecule has 10 nitrogen and oxygen atoms in total. The molecule has 0 saturated heterocycles. The van der Waals surface area contributed by atoms with Crippen molar-refractivity contribution in [3.63, 3.8) is 0 Å². The predicted octanol–water partition coefficient (Wildman–Crippen LogP) is 7.86. The quantitative estimate of drug-likeness (QED) is 0.139. The number of nitriles is 1. The average molecular weight is 782 g/mol. The number of aromatic nitrogens is 2. The van der Waals surface area contributed by atoms with Gasteiger partial charge in [-0.2, -0.15) is 5.26 Å². The van der Waals surface area contributed by atoms with E-state index in [-0.39, 0.29) is 61.6 Å². The zero-order chi connectivity index (χ0) is 36.0. The van der Waals surface area contributed by atoms with Crippen LogP contribution in [0.3, 0.4) is 0 Å². The number of unbranched alkanes of at least 4 members (excludes halogenated alkanes) is 2. The van der Waals surface area contributed by atoms with Gasteiger partial charge in [0.1, 0.15) is 18.4 Å². The molecule has 1 heterocycles. The third-order valence-electron chi connectivity index (χ3n) is 6.64. The van der Waals surface area contributed by atoms with E-state index >= 15 is 0 Å². The number of anilines is 1. The summed E-state index contributed by atoms with van der Waals surface area (Å²) in [5.41, 5.74) is 2.09. The second kappa shape index (κ2) is 25.6. The molecule has 0 aliphatic rings. The summed E-state index contributed by atoms with van der Waals surface area (Å²) in [6.07, 6.45) is 9.30. The van der Waals surface area contributed by atoms with Gasteiger partial charge in [-0.15, -0.1) is 0 Å². The first-order valence-electron chi connectivity index (χ1n) is 15.7. The Morgan fingerprint density at radius 2 is 1.60 bits per heavy atom. The number of aromatic hydroxyl groups is 1. The van der Waals surface area contributed by atoms with E-state index in [2.05, 4.69) is 28.5 Å². The summed E-state index contributed by atoms with van der Waals surface area (Å²) in [5.74, 6) is 1.27. The Balaban J connectivity index is 0. The fraction of sp³-hybridized carbons (Fsp3) is 0.514. The van der Waals surface area contributed by atoms with E-state index in [0.29, 0.717) is 11.3 Å². The number of rotatable bonds is 14. The molecule has 2 aromatic carbocycles. The molecular weight excluding hydrogens is 729 g/mol. The molecule has 0 aliphatic heterocycles. The number of nitrogens with zero attached hydrogens (tertiary/aromatic N) is 3. The molecule has 265 valence electrons. The van der Waals surface area contributed by atoms with Crippen LogP contribution in [0.2, 0.25) is 5.02 Å². The first-order valence-corrected chi connectivity index (χ1v) is 18.0. The van der Waals surface area contributed by atoms with Gasteiger partial charge >= 0.3 is 0 Å². The maximum Gasteiger partial charge on any atom is 0.236 e. The zero-order valence-electron chi connectivity index (χ0n) is 29.9. The number of hydrogen-bond donors (Lipinski definition) is 3. The maximum atomic E-state index is 11.2. The summed E-state index contributed by atoms with van der Waals surface area (Å²) < 4.78 is 35.6. The summed E-state index contributed by atoms with van der Waals surface area (Å²) in [4.78, 5) is 7.90. The monoisotopic (exact) mass is 781 g/mol. The fourth-order valence-corrected chi connectivity index (χ4v) is 4.73. The van der Waals surface area contributed by atoms with Crippen molar-refractivity contribution >= 4 is 27.6 Å². The topological polar surface area (TPSA) is 155 Å². The van der Waals surface area contributed by atoms with Crippen molar-refractivity contribution in [3.05, 3.63) is 76.1 Å². The Hall–Kier alpha value is -2.33. The molecule has 0 saturated carbocycles. The van der Waals surface area contributed by atoms with Gasteiger partial charge in [0, 0.05) is 76.4 Å². The van der Waals surface area contributed by atoms with Crippen molar-refractivity contribution in [1.82, 2.24) is 9.97 Å². The number of benzene rings is 2. The number of halogens is 1. The first-order chi connectivity index (χ1) is 22.3. The largest absolute Gasteiger partial charge is 0.505 e. The molecule has 3 N–H and O–H groups in total. The predicted molar refractivity (Wildman–Crippen MR) is 191 cm³/mol. The van der Waals surface area contributed by atoms with Crippen molar-refractivity contribution in [2.45, 2.75) is 86.2 Å². The third-order valence-corrected chi connectivity index (χ3v) is 7.48. The molecule has 0 spiro atoms. The Kier molecular flexibility index (Phi) is 25.5. The molecule has 48 heavy (non-hydrogen) atoms. The van der Waals surface area contributed by atoms with Gasteiger partial charge in [-0.25, -0.2) is 18.4 Å². The van der Waals surface area contributed by atoms with E-state index in [0.717, 1.165) is 43.6 Å². The number of aliphatic hydroxyl groups excluding tert-OH is 1. The smallest absolute Gasteiger partial charge is 0.236 e. The number of phenolic OH excluding ortho intramolecular Hbond substituents is 1. The number of hydrogen-bond acceptors (Lipinski definition) is 9. The van der Waals surface area contributed by atoms with Crippen LogP contribution in [-0.4, -0.2) is 55.2 Å². The molecule has 13 heteroatoms. The minimum absolute atomic E-state index is 0. The second-order valence-electron chi connectivity index (χ2n) is 11.1. The van der Waals surface area contributed by atoms with Gasteiger partial charge in [0.25, 0.3) is 0 Å². The van der Waals surface area contributed by atoms with Crippen LogP contribution in [0, 0.1) is 17.2 Å². The number of nitrogens with one attached hydrogen (secondary N) is 1. The average Bonchev–Trinajstić information content (AvgIpc) is 3.05. The fourth-order valence-electron chi connectivity index (χ4n) is 4.07. The van der Waals surface area contributed by atoms with Gasteiger partial charge in [0.2, 0.25) is 16.0 Å². The normalized spacial score (nSPS) is 10.5. The third kappa shape index (κ3) is 18.4. The Morgan fingerprint density at radius 3 is 2.10 bits per heavy atom. The van der Waals surface area contributed by atoms with Crippen LogP contribution in [0.25, 0.3) is 0 Å². The van der Waals surface area contributed by atoms with Crippen molar-refractivity contribution < 1.29 is 60.8 Å². The van der Waals surface area contributed by atoms with E-state index in [1.54, 1.807) is 12.1 Å². The van der Waals surface area contributed by atoms with Crippen LogP contribution in [0.15, 0.2) is 48.8 Å². The molecule has 0 unspecified atom stereocenters. The summed E-state index contributed by atoms with van der Waals surface area (Å²) in [6.45, 7) is 16.6. The molecule has 0 fully saturated rings. The van der Waals surface area contributed by atoms with Crippen LogP contribution >= 0.6 is 11.6 Å².